The van der Waals surface area contributed by atoms with Gasteiger partial charge in [0.1, 0.15) is 42.5 Å². The first-order chi connectivity index (χ1) is 16.0. The molecule has 4 heterocycles. The van der Waals surface area contributed by atoms with Crippen molar-refractivity contribution < 1.29 is 20.1 Å². The van der Waals surface area contributed by atoms with Crippen molar-refractivity contribution in [3.05, 3.63) is 62.7 Å². The second-order valence-corrected chi connectivity index (χ2v) is 8.71. The zero-order chi connectivity index (χ0) is 23.1. The monoisotopic (exact) mass is 491 g/mol. The van der Waals surface area contributed by atoms with Gasteiger partial charge in [-0.05, 0) is 18.2 Å². The van der Waals surface area contributed by atoms with Crippen LogP contribution in [0.15, 0.2) is 47.0 Å². The number of aromatic amines is 1. The predicted octanol–water partition coefficient (Wildman–Crippen LogP) is 0.324. The van der Waals surface area contributed by atoms with E-state index in [1.807, 2.05) is 0 Å². The number of nitrogens with one attached hydrogen (secondary N) is 1. The van der Waals surface area contributed by atoms with Crippen LogP contribution < -0.4 is 4.87 Å². The summed E-state index contributed by atoms with van der Waals surface area (Å²) in [5.41, 5.74) is 1.47. The third-order valence-corrected chi connectivity index (χ3v) is 6.32. The fourth-order valence-corrected chi connectivity index (χ4v) is 4.60. The van der Waals surface area contributed by atoms with Crippen molar-refractivity contribution in [3.63, 3.8) is 0 Å². The van der Waals surface area contributed by atoms with Crippen LogP contribution in [-0.2, 0) is 4.74 Å². The molecule has 1 aliphatic rings. The molecular formula is C19H18ClN7O5S. The normalized spacial score (nSPS) is 25.4. The summed E-state index contributed by atoms with van der Waals surface area (Å²) in [6.07, 6.45) is -1.80. The number of rotatable bonds is 5. The minimum Gasteiger partial charge on any atom is -0.394 e. The van der Waals surface area contributed by atoms with E-state index in [1.165, 1.54) is 17.2 Å². The van der Waals surface area contributed by atoms with Crippen LogP contribution >= 0.6 is 22.9 Å². The van der Waals surface area contributed by atoms with E-state index in [4.69, 9.17) is 16.3 Å². The highest BCUT2D eigenvalue weighted by Gasteiger charge is 2.48. The molecule has 0 aliphatic carbocycles. The molecule has 0 radical (unpaired) electrons. The van der Waals surface area contributed by atoms with Gasteiger partial charge in [0.05, 0.1) is 18.5 Å². The molecule has 4 N–H and O–H groups in total. The van der Waals surface area contributed by atoms with Crippen molar-refractivity contribution in [2.45, 2.75) is 30.5 Å². The minimum absolute atomic E-state index is 0.244. The van der Waals surface area contributed by atoms with Crippen LogP contribution in [0.2, 0.25) is 5.02 Å². The Balaban J connectivity index is 1.52. The Morgan fingerprint density at radius 1 is 1.24 bits per heavy atom. The number of ether oxygens (including phenoxy) is 1. The molecule has 1 saturated heterocycles. The van der Waals surface area contributed by atoms with E-state index in [0.29, 0.717) is 22.1 Å². The average molecular weight is 492 g/mol. The van der Waals surface area contributed by atoms with E-state index in [2.05, 4.69) is 25.5 Å². The van der Waals surface area contributed by atoms with Crippen molar-refractivity contribution >= 4 is 22.9 Å². The Morgan fingerprint density at radius 3 is 2.82 bits per heavy atom. The van der Waals surface area contributed by atoms with Crippen LogP contribution in [-0.4, -0.2) is 75.0 Å². The lowest BCUT2D eigenvalue weighted by atomic mass is 9.92. The maximum absolute atomic E-state index is 11.5. The lowest BCUT2D eigenvalue weighted by Gasteiger charge is -2.41. The fraction of sp³-hybridized carbons (Fsp3) is 0.316. The van der Waals surface area contributed by atoms with Crippen molar-refractivity contribution in [1.29, 1.82) is 0 Å². The smallest absolute Gasteiger partial charge is 0.304 e. The summed E-state index contributed by atoms with van der Waals surface area (Å²) in [7, 11) is 0. The molecule has 1 aromatic carbocycles. The maximum Gasteiger partial charge on any atom is 0.304 e. The van der Waals surface area contributed by atoms with Gasteiger partial charge in [-0.3, -0.25) is 9.36 Å². The Hall–Kier alpha value is -2.94. The van der Waals surface area contributed by atoms with Crippen molar-refractivity contribution in [1.82, 2.24) is 34.7 Å². The van der Waals surface area contributed by atoms with Crippen molar-refractivity contribution in [2.24, 2.45) is 0 Å². The van der Waals surface area contributed by atoms with Crippen LogP contribution in [0.1, 0.15) is 18.0 Å². The number of aromatic nitrogens is 7. The van der Waals surface area contributed by atoms with Gasteiger partial charge in [-0.15, -0.1) is 15.3 Å². The summed E-state index contributed by atoms with van der Waals surface area (Å²) in [5.74, 6) is 0.252. The van der Waals surface area contributed by atoms with Gasteiger partial charge in [-0.25, -0.2) is 4.68 Å². The average Bonchev–Trinajstić information content (AvgIpc) is 3.55. The van der Waals surface area contributed by atoms with Gasteiger partial charge in [0.2, 0.25) is 0 Å². The SMILES string of the molecule is O=c1[nH]c(-c2cn([C@@H]3C(O)[C@H](c4nncn4-c4cccc(Cl)c4)OC(CO)[C@@H]3O)nn2)cs1. The van der Waals surface area contributed by atoms with Crippen LogP contribution in [0.5, 0.6) is 0 Å². The van der Waals surface area contributed by atoms with Gasteiger partial charge in [0, 0.05) is 16.1 Å². The molecule has 172 valence electrons. The zero-order valence-electron chi connectivity index (χ0n) is 16.8. The second-order valence-electron chi connectivity index (χ2n) is 7.43. The topological polar surface area (TPSA) is 164 Å². The summed E-state index contributed by atoms with van der Waals surface area (Å²) in [4.78, 5) is 13.9. The molecule has 12 nitrogen and oxygen atoms in total. The standard InChI is InChI=1S/C19H18ClN7O5S/c20-9-2-1-3-10(4-9)26-8-21-24-18(26)17-16(30)14(15(29)13(6-28)32-17)27-5-11(23-25-27)12-7-33-19(31)22-12/h1-5,7-8,13-17,28-30H,6H2,(H,22,31)/t13?,14-,15-,16?,17+/m0/s1. The van der Waals surface area contributed by atoms with Crippen LogP contribution in [0.25, 0.3) is 17.1 Å². The molecule has 14 heteroatoms. The van der Waals surface area contributed by atoms with E-state index in [9.17, 15) is 20.1 Å². The quantitative estimate of drug-likeness (QED) is 0.307. The Kier molecular flexibility index (Phi) is 5.82. The summed E-state index contributed by atoms with van der Waals surface area (Å²) in [5, 5.41) is 50.1. The first-order valence-electron chi connectivity index (χ1n) is 9.84. The molecule has 0 amide bonds. The molecule has 33 heavy (non-hydrogen) atoms. The Labute approximate surface area is 194 Å². The number of nitrogens with zero attached hydrogens (tertiary/aromatic N) is 6. The molecule has 0 spiro atoms. The maximum atomic E-state index is 11.5. The number of hydrogen-bond acceptors (Lipinski definition) is 10. The van der Waals surface area contributed by atoms with Gasteiger partial charge in [-0.1, -0.05) is 34.2 Å². The highest BCUT2D eigenvalue weighted by molar-refractivity contribution is 7.07. The number of halogens is 1. The lowest BCUT2D eigenvalue weighted by molar-refractivity contribution is -0.210. The molecule has 2 unspecified atom stereocenters. The number of hydrogen-bond donors (Lipinski definition) is 4. The highest BCUT2D eigenvalue weighted by Crippen LogP contribution is 2.38. The number of thiazole rings is 1. The number of H-pyrrole nitrogens is 1. The molecule has 5 rings (SSSR count). The van der Waals surface area contributed by atoms with E-state index in [1.54, 1.807) is 34.2 Å². The lowest BCUT2D eigenvalue weighted by Crippen LogP contribution is -2.53. The first-order valence-corrected chi connectivity index (χ1v) is 11.1. The molecule has 1 fully saturated rings. The van der Waals surface area contributed by atoms with Gasteiger partial charge >= 0.3 is 4.87 Å². The highest BCUT2D eigenvalue weighted by atomic mass is 35.5. The number of aliphatic hydroxyl groups is 3. The van der Waals surface area contributed by atoms with Crippen molar-refractivity contribution in [3.8, 4) is 17.1 Å². The number of aliphatic hydroxyl groups excluding tert-OH is 3. The first kappa shape index (κ1) is 21.9. The Morgan fingerprint density at radius 2 is 2.09 bits per heavy atom. The molecule has 5 atom stereocenters. The van der Waals surface area contributed by atoms with E-state index in [0.717, 1.165) is 11.3 Å². The second kappa shape index (κ2) is 8.78. The Bertz CT molecular complexity index is 1320. The van der Waals surface area contributed by atoms with Crippen LogP contribution in [0.4, 0.5) is 0 Å². The zero-order valence-corrected chi connectivity index (χ0v) is 18.3. The molecule has 1 aliphatic heterocycles. The molecular weight excluding hydrogens is 474 g/mol. The van der Waals surface area contributed by atoms with E-state index >= 15 is 0 Å². The third-order valence-electron chi connectivity index (χ3n) is 5.42. The van der Waals surface area contributed by atoms with E-state index in [-0.39, 0.29) is 10.7 Å². The molecule has 3 aromatic heterocycles. The summed E-state index contributed by atoms with van der Waals surface area (Å²) in [6.45, 7) is -0.508. The number of benzene rings is 1. The van der Waals surface area contributed by atoms with Crippen LogP contribution in [0.3, 0.4) is 0 Å². The van der Waals surface area contributed by atoms with Gasteiger partial charge in [0.25, 0.3) is 0 Å². The summed E-state index contributed by atoms with van der Waals surface area (Å²) in [6, 6.07) is 5.93. The molecule has 0 bridgehead atoms. The van der Waals surface area contributed by atoms with Crippen molar-refractivity contribution in [2.75, 3.05) is 6.61 Å². The summed E-state index contributed by atoms with van der Waals surface area (Å²) < 4.78 is 8.72. The van der Waals surface area contributed by atoms with Gasteiger partial charge < -0.3 is 25.0 Å². The molecule has 0 saturated carbocycles. The largest absolute Gasteiger partial charge is 0.394 e. The fourth-order valence-electron chi connectivity index (χ4n) is 3.84. The summed E-state index contributed by atoms with van der Waals surface area (Å²) >= 11 is 7.09. The third kappa shape index (κ3) is 3.99. The van der Waals surface area contributed by atoms with Gasteiger partial charge in [0.15, 0.2) is 5.82 Å². The van der Waals surface area contributed by atoms with Gasteiger partial charge in [-0.2, -0.15) is 0 Å². The minimum atomic E-state index is -1.33. The van der Waals surface area contributed by atoms with E-state index < -0.39 is 37.1 Å². The van der Waals surface area contributed by atoms with Crippen LogP contribution in [0, 0.1) is 0 Å². The molecule has 4 aromatic rings. The predicted molar refractivity (Wildman–Crippen MR) is 116 cm³/mol.